The smallest absolute Gasteiger partial charge is 0.409 e. The maximum absolute atomic E-state index is 12.7. The lowest BCUT2D eigenvalue weighted by Gasteiger charge is -2.34. The van der Waals surface area contributed by atoms with Crippen LogP contribution in [0.15, 0.2) is 36.9 Å². The lowest BCUT2D eigenvalue weighted by atomic mass is 10.1. The number of benzene rings is 1. The van der Waals surface area contributed by atoms with Crippen molar-refractivity contribution in [3.63, 3.8) is 0 Å². The number of nitro groups is 1. The van der Waals surface area contributed by atoms with Crippen LogP contribution in [0.5, 0.6) is 0 Å². The van der Waals surface area contributed by atoms with Crippen molar-refractivity contribution in [1.29, 1.82) is 0 Å². The van der Waals surface area contributed by atoms with Gasteiger partial charge in [-0.2, -0.15) is 0 Å². The van der Waals surface area contributed by atoms with E-state index in [4.69, 9.17) is 4.74 Å². The highest BCUT2D eigenvalue weighted by Crippen LogP contribution is 2.25. The largest absolute Gasteiger partial charge is 0.450 e. The van der Waals surface area contributed by atoms with Crippen molar-refractivity contribution < 1.29 is 19.2 Å². The van der Waals surface area contributed by atoms with Crippen LogP contribution in [0.2, 0.25) is 0 Å². The Kier molecular flexibility index (Phi) is 5.34. The first kappa shape index (κ1) is 18.4. The minimum atomic E-state index is -0.523. The molecular weight excluding hydrogens is 354 g/mol. The molecule has 2 amide bonds. The van der Waals surface area contributed by atoms with Gasteiger partial charge in [0.15, 0.2) is 0 Å². The lowest BCUT2D eigenvalue weighted by molar-refractivity contribution is -0.384. The molecule has 2 aromatic rings. The number of nitrogens with zero attached hydrogens (tertiary/aromatic N) is 5. The SMILES string of the molecule is CCOC(=O)N1CCN(C(=O)c2ccc(-n3ccnc3)c([N+](=O)[O-])c2)CC1. The fourth-order valence-corrected chi connectivity index (χ4v) is 2.91. The molecule has 0 unspecified atom stereocenters. The predicted molar refractivity (Wildman–Crippen MR) is 94.7 cm³/mol. The summed E-state index contributed by atoms with van der Waals surface area (Å²) in [4.78, 5) is 42.4. The standard InChI is InChI=1S/C17H19N5O5/c1-2-27-17(24)20-9-7-19(8-10-20)16(23)13-3-4-14(15(11-13)22(25)26)21-6-5-18-12-21/h3-6,11-12H,2,7-10H2,1H3. The van der Waals surface area contributed by atoms with E-state index < -0.39 is 11.0 Å². The number of carbonyl (C=O) groups excluding carboxylic acids is 2. The minimum Gasteiger partial charge on any atom is -0.450 e. The molecule has 1 saturated heterocycles. The molecule has 142 valence electrons. The Morgan fingerprint density at radius 3 is 2.52 bits per heavy atom. The van der Waals surface area contributed by atoms with E-state index in [1.54, 1.807) is 24.1 Å². The second-order valence-electron chi connectivity index (χ2n) is 5.91. The summed E-state index contributed by atoms with van der Waals surface area (Å²) in [5.74, 6) is -0.307. The summed E-state index contributed by atoms with van der Waals surface area (Å²) >= 11 is 0. The van der Waals surface area contributed by atoms with Gasteiger partial charge in [0.25, 0.3) is 11.6 Å². The number of piperazine rings is 1. The van der Waals surface area contributed by atoms with Crippen molar-refractivity contribution in [3.05, 3.63) is 52.6 Å². The van der Waals surface area contributed by atoms with Crippen LogP contribution in [-0.2, 0) is 4.74 Å². The molecule has 0 spiro atoms. The molecule has 3 rings (SSSR count). The Morgan fingerprint density at radius 1 is 1.22 bits per heavy atom. The molecule has 1 aromatic heterocycles. The molecule has 0 atom stereocenters. The van der Waals surface area contributed by atoms with E-state index in [9.17, 15) is 19.7 Å². The number of ether oxygens (including phenoxy) is 1. The maximum atomic E-state index is 12.7. The Morgan fingerprint density at radius 2 is 1.93 bits per heavy atom. The molecule has 1 aliphatic heterocycles. The maximum Gasteiger partial charge on any atom is 0.409 e. The molecule has 1 aliphatic rings. The van der Waals surface area contributed by atoms with Crippen molar-refractivity contribution in [2.45, 2.75) is 6.92 Å². The van der Waals surface area contributed by atoms with Crippen molar-refractivity contribution in [2.24, 2.45) is 0 Å². The molecule has 0 aliphatic carbocycles. The fourth-order valence-electron chi connectivity index (χ4n) is 2.91. The molecule has 27 heavy (non-hydrogen) atoms. The zero-order valence-electron chi connectivity index (χ0n) is 14.8. The van der Waals surface area contributed by atoms with Gasteiger partial charge < -0.3 is 19.1 Å². The molecule has 0 N–H and O–H groups in total. The zero-order chi connectivity index (χ0) is 19.4. The van der Waals surface area contributed by atoms with Crippen LogP contribution in [0, 0.1) is 10.1 Å². The summed E-state index contributed by atoms with van der Waals surface area (Å²) in [6.07, 6.45) is 4.17. The average Bonchev–Trinajstić information content (AvgIpc) is 3.22. The minimum absolute atomic E-state index is 0.177. The Bertz CT molecular complexity index is 843. The number of hydrogen-bond donors (Lipinski definition) is 0. The van der Waals surface area contributed by atoms with Gasteiger partial charge in [0.05, 0.1) is 17.9 Å². The molecule has 10 heteroatoms. The number of aromatic nitrogens is 2. The van der Waals surface area contributed by atoms with E-state index in [0.717, 1.165) is 0 Å². The number of nitro benzene ring substituents is 1. The van der Waals surface area contributed by atoms with Gasteiger partial charge >= 0.3 is 6.09 Å². The molecule has 0 radical (unpaired) electrons. The van der Waals surface area contributed by atoms with Crippen molar-refractivity contribution in [2.75, 3.05) is 32.8 Å². The Balaban J connectivity index is 1.75. The normalized spacial score (nSPS) is 14.1. The van der Waals surface area contributed by atoms with E-state index in [2.05, 4.69) is 4.98 Å². The first-order chi connectivity index (χ1) is 13.0. The highest BCUT2D eigenvalue weighted by atomic mass is 16.6. The predicted octanol–water partition coefficient (Wildman–Crippen LogP) is 1.69. The van der Waals surface area contributed by atoms with Crippen LogP contribution in [-0.4, -0.2) is 69.1 Å². The molecule has 10 nitrogen and oxygen atoms in total. The Labute approximate surface area is 155 Å². The van der Waals surface area contributed by atoms with Gasteiger partial charge in [0, 0.05) is 50.2 Å². The number of carbonyl (C=O) groups is 2. The van der Waals surface area contributed by atoms with E-state index in [1.807, 2.05) is 0 Å². The molecule has 2 heterocycles. The summed E-state index contributed by atoms with van der Waals surface area (Å²) < 4.78 is 6.47. The number of rotatable bonds is 4. The molecular formula is C17H19N5O5. The summed E-state index contributed by atoms with van der Waals surface area (Å²) in [6.45, 7) is 3.44. The highest BCUT2D eigenvalue weighted by molar-refractivity contribution is 5.95. The van der Waals surface area contributed by atoms with Gasteiger partial charge in [-0.15, -0.1) is 0 Å². The fraction of sp³-hybridized carbons (Fsp3) is 0.353. The summed E-state index contributed by atoms with van der Waals surface area (Å²) in [7, 11) is 0. The van der Waals surface area contributed by atoms with Crippen LogP contribution < -0.4 is 0 Å². The third kappa shape index (κ3) is 3.89. The molecule has 0 saturated carbocycles. The van der Waals surface area contributed by atoms with Gasteiger partial charge in [-0.25, -0.2) is 9.78 Å². The third-order valence-electron chi connectivity index (χ3n) is 4.29. The molecule has 1 aromatic carbocycles. The van der Waals surface area contributed by atoms with Crippen molar-refractivity contribution in [1.82, 2.24) is 19.4 Å². The first-order valence-electron chi connectivity index (χ1n) is 8.49. The van der Waals surface area contributed by atoms with Crippen LogP contribution in [0.4, 0.5) is 10.5 Å². The first-order valence-corrected chi connectivity index (χ1v) is 8.49. The number of imidazole rings is 1. The van der Waals surface area contributed by atoms with Crippen molar-refractivity contribution >= 4 is 17.7 Å². The van der Waals surface area contributed by atoms with Gasteiger partial charge in [0.2, 0.25) is 0 Å². The third-order valence-corrected chi connectivity index (χ3v) is 4.29. The quantitative estimate of drug-likeness (QED) is 0.596. The van der Waals surface area contributed by atoms with Crippen molar-refractivity contribution in [3.8, 4) is 5.69 Å². The van der Waals surface area contributed by atoms with Crippen LogP contribution in [0.1, 0.15) is 17.3 Å². The van der Waals surface area contributed by atoms with E-state index in [-0.39, 0.29) is 17.2 Å². The molecule has 0 bridgehead atoms. The Hall–Kier alpha value is -3.43. The van der Waals surface area contributed by atoms with Gasteiger partial charge in [-0.05, 0) is 19.1 Å². The van der Waals surface area contributed by atoms with Crippen LogP contribution in [0.3, 0.4) is 0 Å². The highest BCUT2D eigenvalue weighted by Gasteiger charge is 2.27. The second-order valence-corrected chi connectivity index (χ2v) is 5.91. The summed E-state index contributed by atoms with van der Waals surface area (Å²) in [6, 6.07) is 4.36. The van der Waals surface area contributed by atoms with Gasteiger partial charge in [-0.1, -0.05) is 0 Å². The van der Waals surface area contributed by atoms with Gasteiger partial charge in [0.1, 0.15) is 5.69 Å². The van der Waals surface area contributed by atoms with Gasteiger partial charge in [-0.3, -0.25) is 14.9 Å². The lowest BCUT2D eigenvalue weighted by Crippen LogP contribution is -2.50. The van der Waals surface area contributed by atoms with E-state index >= 15 is 0 Å². The average molecular weight is 373 g/mol. The number of hydrogen-bond acceptors (Lipinski definition) is 6. The van der Waals surface area contributed by atoms with Crippen LogP contribution >= 0.6 is 0 Å². The zero-order valence-corrected chi connectivity index (χ0v) is 14.8. The topological polar surface area (TPSA) is 111 Å². The second kappa shape index (κ2) is 7.85. The van der Waals surface area contributed by atoms with Crippen LogP contribution in [0.25, 0.3) is 5.69 Å². The summed E-state index contributed by atoms with van der Waals surface area (Å²) in [5.41, 5.74) is 0.389. The molecule has 1 fully saturated rings. The summed E-state index contributed by atoms with van der Waals surface area (Å²) in [5, 5.41) is 11.4. The van der Waals surface area contributed by atoms with E-state index in [0.29, 0.717) is 38.5 Å². The monoisotopic (exact) mass is 373 g/mol. The van der Waals surface area contributed by atoms with E-state index in [1.165, 1.54) is 34.1 Å². The number of amides is 2.